The highest BCUT2D eigenvalue weighted by Crippen LogP contribution is 2.17. The van der Waals surface area contributed by atoms with E-state index in [0.29, 0.717) is 19.8 Å². The second-order valence-corrected chi connectivity index (χ2v) is 4.33. The van der Waals surface area contributed by atoms with Crippen LogP contribution in [0.2, 0.25) is 0 Å². The summed E-state index contributed by atoms with van der Waals surface area (Å²) in [6, 6.07) is 6.56. The molecule has 1 atom stereocenters. The Bertz CT molecular complexity index is 347. The summed E-state index contributed by atoms with van der Waals surface area (Å²) in [7, 11) is 0. The monoisotopic (exact) mass is 269 g/mol. The fourth-order valence-corrected chi connectivity index (χ4v) is 1.75. The molecule has 1 unspecified atom stereocenters. The van der Waals surface area contributed by atoms with Gasteiger partial charge in [0, 0.05) is 13.2 Å². The molecule has 3 nitrogen and oxygen atoms in total. The third-order valence-electron chi connectivity index (χ3n) is 2.70. The van der Waals surface area contributed by atoms with E-state index in [2.05, 4.69) is 12.2 Å². The van der Waals surface area contributed by atoms with Crippen LogP contribution in [0, 0.1) is 5.82 Å². The lowest BCUT2D eigenvalue weighted by Gasteiger charge is -2.19. The smallest absolute Gasteiger partial charge is 0.123 e. The van der Waals surface area contributed by atoms with Crippen molar-refractivity contribution in [3.8, 4) is 0 Å². The maximum Gasteiger partial charge on any atom is 0.123 e. The molecular formula is C15H24FNO2. The van der Waals surface area contributed by atoms with E-state index < -0.39 is 0 Å². The molecule has 0 bridgehead atoms. The summed E-state index contributed by atoms with van der Waals surface area (Å²) in [5, 5.41) is 3.23. The van der Waals surface area contributed by atoms with Crippen molar-refractivity contribution in [3.05, 3.63) is 35.6 Å². The fourth-order valence-electron chi connectivity index (χ4n) is 1.75. The van der Waals surface area contributed by atoms with Crippen LogP contribution in [0.25, 0.3) is 0 Å². The Kier molecular flexibility index (Phi) is 8.38. The number of ether oxygens (including phenoxy) is 2. The predicted octanol–water partition coefficient (Wildman–Crippen LogP) is 2.92. The van der Waals surface area contributed by atoms with Gasteiger partial charge in [-0.1, -0.05) is 26.0 Å². The van der Waals surface area contributed by atoms with E-state index in [1.54, 1.807) is 6.07 Å². The van der Waals surface area contributed by atoms with Gasteiger partial charge in [0.25, 0.3) is 0 Å². The number of benzene rings is 1. The van der Waals surface area contributed by atoms with E-state index in [9.17, 15) is 4.39 Å². The quantitative estimate of drug-likeness (QED) is 0.662. The van der Waals surface area contributed by atoms with Gasteiger partial charge >= 0.3 is 0 Å². The van der Waals surface area contributed by atoms with Crippen LogP contribution in [-0.2, 0) is 9.47 Å². The van der Waals surface area contributed by atoms with E-state index in [1.165, 1.54) is 12.1 Å². The molecule has 0 radical (unpaired) electrons. The minimum absolute atomic E-state index is 0.138. The van der Waals surface area contributed by atoms with Gasteiger partial charge in [0.1, 0.15) is 5.82 Å². The van der Waals surface area contributed by atoms with Crippen LogP contribution in [0.5, 0.6) is 0 Å². The average molecular weight is 269 g/mol. The fraction of sp³-hybridized carbons (Fsp3) is 0.600. The van der Waals surface area contributed by atoms with Crippen molar-refractivity contribution in [2.45, 2.75) is 26.4 Å². The van der Waals surface area contributed by atoms with Crippen LogP contribution in [-0.4, -0.2) is 32.9 Å². The predicted molar refractivity (Wildman–Crippen MR) is 74.7 cm³/mol. The normalized spacial score (nSPS) is 12.6. The van der Waals surface area contributed by atoms with Gasteiger partial charge in [-0.15, -0.1) is 0 Å². The van der Waals surface area contributed by atoms with E-state index in [1.807, 2.05) is 13.0 Å². The Hall–Kier alpha value is -0.970. The van der Waals surface area contributed by atoms with Gasteiger partial charge in [0.05, 0.1) is 19.3 Å². The van der Waals surface area contributed by atoms with Gasteiger partial charge in [0.2, 0.25) is 0 Å². The minimum atomic E-state index is -0.232. The zero-order valence-electron chi connectivity index (χ0n) is 11.8. The highest BCUT2D eigenvalue weighted by molar-refractivity contribution is 5.19. The molecule has 0 saturated carbocycles. The molecule has 0 saturated heterocycles. The maximum atomic E-state index is 13.2. The lowest BCUT2D eigenvalue weighted by Crippen LogP contribution is -2.24. The number of hydrogen-bond acceptors (Lipinski definition) is 3. The topological polar surface area (TPSA) is 30.5 Å². The number of rotatable bonds is 10. The molecule has 0 amide bonds. The first-order chi connectivity index (χ1) is 9.27. The summed E-state index contributed by atoms with van der Waals surface area (Å²) in [5.41, 5.74) is 0.858. The maximum absolute atomic E-state index is 13.2. The second kappa shape index (κ2) is 9.89. The zero-order chi connectivity index (χ0) is 13.9. The first kappa shape index (κ1) is 16.1. The Morgan fingerprint density at radius 3 is 2.74 bits per heavy atom. The van der Waals surface area contributed by atoms with Crippen LogP contribution in [0.15, 0.2) is 24.3 Å². The summed E-state index contributed by atoms with van der Waals surface area (Å²) < 4.78 is 24.4. The van der Waals surface area contributed by atoms with Gasteiger partial charge in [-0.05, 0) is 30.7 Å². The molecule has 4 heteroatoms. The van der Waals surface area contributed by atoms with Crippen molar-refractivity contribution >= 4 is 0 Å². The average Bonchev–Trinajstić information content (AvgIpc) is 2.42. The van der Waals surface area contributed by atoms with E-state index >= 15 is 0 Å². The third-order valence-corrected chi connectivity index (χ3v) is 2.70. The molecule has 108 valence electrons. The Labute approximate surface area is 115 Å². The van der Waals surface area contributed by atoms with E-state index in [-0.39, 0.29) is 11.9 Å². The van der Waals surface area contributed by atoms with Crippen molar-refractivity contribution in [1.82, 2.24) is 5.32 Å². The minimum Gasteiger partial charge on any atom is -0.379 e. The summed E-state index contributed by atoms with van der Waals surface area (Å²) in [5.74, 6) is -0.232. The van der Waals surface area contributed by atoms with Crippen molar-refractivity contribution in [1.29, 1.82) is 0 Å². The number of likely N-dealkylation sites (N-methyl/N-ethyl adjacent to an activating group) is 1. The van der Waals surface area contributed by atoms with Gasteiger partial charge in [0.15, 0.2) is 0 Å². The first-order valence-corrected chi connectivity index (χ1v) is 6.93. The molecule has 1 aromatic rings. The number of halogens is 1. The standard InChI is InChI=1S/C15H24FNO2/c1-3-8-18-9-10-19-15(12-17-4-2)13-6-5-7-14(16)11-13/h5-7,11,15,17H,3-4,8-10,12H2,1-2H3. The van der Waals surface area contributed by atoms with E-state index in [4.69, 9.17) is 9.47 Å². The molecule has 0 aliphatic rings. The molecule has 1 aromatic carbocycles. The van der Waals surface area contributed by atoms with Crippen molar-refractivity contribution in [2.75, 3.05) is 32.9 Å². The Morgan fingerprint density at radius 2 is 2.05 bits per heavy atom. The van der Waals surface area contributed by atoms with Crippen LogP contribution in [0.1, 0.15) is 31.9 Å². The molecule has 1 rings (SSSR count). The lowest BCUT2D eigenvalue weighted by molar-refractivity contribution is 0.00435. The first-order valence-electron chi connectivity index (χ1n) is 6.93. The van der Waals surface area contributed by atoms with Gasteiger partial charge < -0.3 is 14.8 Å². The van der Waals surface area contributed by atoms with Crippen molar-refractivity contribution in [3.63, 3.8) is 0 Å². The summed E-state index contributed by atoms with van der Waals surface area (Å²) in [6.07, 6.45) is 0.867. The lowest BCUT2D eigenvalue weighted by atomic mass is 10.1. The SMILES string of the molecule is CCCOCCOC(CNCC)c1cccc(F)c1. The molecule has 0 heterocycles. The van der Waals surface area contributed by atoms with Crippen LogP contribution in [0.3, 0.4) is 0 Å². The Morgan fingerprint density at radius 1 is 1.21 bits per heavy atom. The summed E-state index contributed by atoms with van der Waals surface area (Å²) in [4.78, 5) is 0. The summed E-state index contributed by atoms with van der Waals surface area (Å²) >= 11 is 0. The van der Waals surface area contributed by atoms with Gasteiger partial charge in [-0.25, -0.2) is 4.39 Å². The molecule has 1 N–H and O–H groups in total. The second-order valence-electron chi connectivity index (χ2n) is 4.33. The Balaban J connectivity index is 2.47. The zero-order valence-corrected chi connectivity index (χ0v) is 11.8. The summed E-state index contributed by atoms with van der Waals surface area (Å²) in [6.45, 7) is 7.49. The van der Waals surface area contributed by atoms with Crippen molar-refractivity contribution < 1.29 is 13.9 Å². The molecule has 0 spiro atoms. The highest BCUT2D eigenvalue weighted by Gasteiger charge is 2.12. The van der Waals surface area contributed by atoms with Crippen LogP contribution < -0.4 is 5.32 Å². The van der Waals surface area contributed by atoms with Crippen molar-refractivity contribution in [2.24, 2.45) is 0 Å². The number of nitrogens with one attached hydrogen (secondary N) is 1. The number of hydrogen-bond donors (Lipinski definition) is 1. The van der Waals surface area contributed by atoms with Crippen LogP contribution >= 0.6 is 0 Å². The third kappa shape index (κ3) is 6.66. The molecule has 0 fully saturated rings. The van der Waals surface area contributed by atoms with E-state index in [0.717, 1.165) is 25.1 Å². The molecular weight excluding hydrogens is 245 g/mol. The van der Waals surface area contributed by atoms with Gasteiger partial charge in [-0.3, -0.25) is 0 Å². The highest BCUT2D eigenvalue weighted by atomic mass is 19.1. The molecule has 0 aromatic heterocycles. The van der Waals surface area contributed by atoms with Crippen LogP contribution in [0.4, 0.5) is 4.39 Å². The molecule has 19 heavy (non-hydrogen) atoms. The molecule has 0 aliphatic carbocycles. The van der Waals surface area contributed by atoms with Gasteiger partial charge in [-0.2, -0.15) is 0 Å². The molecule has 0 aliphatic heterocycles. The largest absolute Gasteiger partial charge is 0.379 e.